The number of hydrogen-bond donors (Lipinski definition) is 2. The molecule has 1 saturated heterocycles. The van der Waals surface area contributed by atoms with Crippen molar-refractivity contribution in [3.05, 3.63) is 28.8 Å². The molecule has 1 fully saturated rings. The summed E-state index contributed by atoms with van der Waals surface area (Å²) in [6.45, 7) is 2.56. The zero-order valence-corrected chi connectivity index (χ0v) is 14.9. The van der Waals surface area contributed by atoms with Crippen molar-refractivity contribution in [1.82, 2.24) is 4.90 Å². The van der Waals surface area contributed by atoms with E-state index in [1.54, 1.807) is 18.2 Å². The summed E-state index contributed by atoms with van der Waals surface area (Å²) in [6.07, 6.45) is 3.83. The van der Waals surface area contributed by atoms with E-state index in [9.17, 15) is 9.59 Å². The quantitative estimate of drug-likeness (QED) is 0.778. The van der Waals surface area contributed by atoms with Crippen LogP contribution in [0.1, 0.15) is 37.7 Å². The molecule has 2 rings (SSSR count). The van der Waals surface area contributed by atoms with Gasteiger partial charge in [-0.15, -0.1) is 0 Å². The largest absolute Gasteiger partial charge is 0.370 e. The minimum absolute atomic E-state index is 0.0833. The van der Waals surface area contributed by atoms with Crippen LogP contribution < -0.4 is 11.1 Å². The molecule has 25 heavy (non-hydrogen) atoms. The maximum absolute atomic E-state index is 12.1. The van der Waals surface area contributed by atoms with Crippen molar-refractivity contribution >= 4 is 29.1 Å². The molecule has 0 bridgehead atoms. The van der Waals surface area contributed by atoms with Crippen LogP contribution in [0.5, 0.6) is 0 Å². The highest BCUT2D eigenvalue weighted by Gasteiger charge is 2.20. The van der Waals surface area contributed by atoms with E-state index in [0.29, 0.717) is 41.6 Å². The van der Waals surface area contributed by atoms with E-state index >= 15 is 0 Å². The zero-order valence-electron chi connectivity index (χ0n) is 14.1. The van der Waals surface area contributed by atoms with Crippen molar-refractivity contribution in [1.29, 1.82) is 5.26 Å². The lowest BCUT2D eigenvalue weighted by Gasteiger charge is -2.32. The summed E-state index contributed by atoms with van der Waals surface area (Å²) in [5, 5.41) is 12.0. The molecule has 1 heterocycles. The molecule has 0 aromatic heterocycles. The van der Waals surface area contributed by atoms with Gasteiger partial charge in [-0.05, 0) is 49.9 Å². The highest BCUT2D eigenvalue weighted by atomic mass is 35.5. The average molecular weight is 363 g/mol. The third kappa shape index (κ3) is 6.37. The van der Waals surface area contributed by atoms with Gasteiger partial charge in [0.15, 0.2) is 0 Å². The van der Waals surface area contributed by atoms with Gasteiger partial charge in [-0.1, -0.05) is 11.6 Å². The second-order valence-electron chi connectivity index (χ2n) is 6.42. The van der Waals surface area contributed by atoms with Gasteiger partial charge in [0.1, 0.15) is 6.07 Å². The number of halogens is 1. The van der Waals surface area contributed by atoms with Gasteiger partial charge in [0.25, 0.3) is 0 Å². The number of carbonyl (C=O) groups is 2. The Hall–Kier alpha value is -2.10. The van der Waals surface area contributed by atoms with Gasteiger partial charge in [0.05, 0.1) is 10.6 Å². The Kier molecular flexibility index (Phi) is 7.23. The van der Waals surface area contributed by atoms with E-state index in [4.69, 9.17) is 22.6 Å². The molecule has 1 aliphatic rings. The average Bonchev–Trinajstić information content (AvgIpc) is 2.59. The molecule has 6 nitrogen and oxygen atoms in total. The Morgan fingerprint density at radius 1 is 1.40 bits per heavy atom. The fraction of sp³-hybridized carbons (Fsp3) is 0.500. The highest BCUT2D eigenvalue weighted by molar-refractivity contribution is 6.32. The van der Waals surface area contributed by atoms with E-state index in [1.165, 1.54) is 0 Å². The smallest absolute Gasteiger partial charge is 0.225 e. The Labute approximate surface area is 152 Å². The van der Waals surface area contributed by atoms with Gasteiger partial charge in [0.2, 0.25) is 11.8 Å². The number of hydrogen-bond acceptors (Lipinski definition) is 4. The Morgan fingerprint density at radius 3 is 2.88 bits per heavy atom. The predicted octanol–water partition coefficient (Wildman–Crippen LogP) is 2.52. The number of nitrogens with two attached hydrogens (primary N) is 1. The normalized spacial score (nSPS) is 17.7. The summed E-state index contributed by atoms with van der Waals surface area (Å²) in [4.78, 5) is 25.3. The van der Waals surface area contributed by atoms with E-state index in [1.807, 2.05) is 6.07 Å². The Bertz CT molecular complexity index is 672. The molecule has 1 unspecified atom stereocenters. The molecule has 0 radical (unpaired) electrons. The SMILES string of the molecule is N#Cc1ccc(NC(=O)CCN2CCCC(CCC(N)=O)C2)cc1Cl. The molecule has 1 aromatic rings. The molecule has 0 aliphatic carbocycles. The number of rotatable bonds is 7. The van der Waals surface area contributed by atoms with Gasteiger partial charge >= 0.3 is 0 Å². The van der Waals surface area contributed by atoms with Crippen LogP contribution in [0.4, 0.5) is 5.69 Å². The van der Waals surface area contributed by atoms with Crippen molar-refractivity contribution in [2.24, 2.45) is 11.7 Å². The predicted molar refractivity (Wildman–Crippen MR) is 97.0 cm³/mol. The minimum atomic E-state index is -0.252. The van der Waals surface area contributed by atoms with Crippen LogP contribution in [0.3, 0.4) is 0 Å². The Morgan fingerprint density at radius 2 is 2.20 bits per heavy atom. The number of benzene rings is 1. The zero-order chi connectivity index (χ0) is 18.2. The molecular formula is C18H23ClN4O2. The number of piperidine rings is 1. The summed E-state index contributed by atoms with van der Waals surface area (Å²) in [7, 11) is 0. The van der Waals surface area contributed by atoms with Crippen LogP contribution in [0.25, 0.3) is 0 Å². The van der Waals surface area contributed by atoms with Crippen LogP contribution >= 0.6 is 11.6 Å². The number of primary amides is 1. The number of amides is 2. The number of likely N-dealkylation sites (tertiary alicyclic amines) is 1. The maximum atomic E-state index is 12.1. The van der Waals surface area contributed by atoms with Crippen molar-refractivity contribution in [2.75, 3.05) is 25.0 Å². The minimum Gasteiger partial charge on any atom is -0.370 e. The number of nitrogens with one attached hydrogen (secondary N) is 1. The van der Waals surface area contributed by atoms with E-state index < -0.39 is 0 Å². The van der Waals surface area contributed by atoms with Gasteiger partial charge in [-0.2, -0.15) is 5.26 Å². The molecular weight excluding hydrogens is 340 g/mol. The standard InChI is InChI=1S/C18H23ClN4O2/c19-16-10-15(5-4-14(16)11-20)22-18(25)7-9-23-8-1-2-13(12-23)3-6-17(21)24/h4-5,10,13H,1-3,6-9,12H2,(H2,21,24)(H,22,25). The summed E-state index contributed by atoms with van der Waals surface area (Å²) in [5.41, 5.74) is 6.19. The molecule has 1 aliphatic heterocycles. The molecule has 3 N–H and O–H groups in total. The molecule has 2 amide bonds. The van der Waals surface area contributed by atoms with Crippen LogP contribution in [0.2, 0.25) is 5.02 Å². The first-order chi connectivity index (χ1) is 12.0. The third-order valence-electron chi connectivity index (χ3n) is 4.43. The van der Waals surface area contributed by atoms with Crippen LogP contribution in [0, 0.1) is 17.2 Å². The number of anilines is 1. The van der Waals surface area contributed by atoms with Gasteiger partial charge < -0.3 is 16.0 Å². The second-order valence-corrected chi connectivity index (χ2v) is 6.83. The third-order valence-corrected chi connectivity index (χ3v) is 4.74. The lowest BCUT2D eigenvalue weighted by Crippen LogP contribution is -2.37. The van der Waals surface area contributed by atoms with Crippen molar-refractivity contribution in [3.8, 4) is 6.07 Å². The molecule has 0 spiro atoms. The highest BCUT2D eigenvalue weighted by Crippen LogP contribution is 2.22. The van der Waals surface area contributed by atoms with Gasteiger partial charge in [-0.25, -0.2) is 0 Å². The van der Waals surface area contributed by atoms with Crippen molar-refractivity contribution in [3.63, 3.8) is 0 Å². The Balaban J connectivity index is 1.76. The van der Waals surface area contributed by atoms with E-state index in [-0.39, 0.29) is 11.8 Å². The molecule has 7 heteroatoms. The number of nitriles is 1. The summed E-state index contributed by atoms with van der Waals surface area (Å²) < 4.78 is 0. The molecule has 1 aromatic carbocycles. The first-order valence-corrected chi connectivity index (χ1v) is 8.86. The number of carbonyl (C=O) groups excluding carboxylic acids is 2. The van der Waals surface area contributed by atoms with E-state index in [2.05, 4.69) is 10.2 Å². The monoisotopic (exact) mass is 362 g/mol. The summed E-state index contributed by atoms with van der Waals surface area (Å²) in [5.74, 6) is 0.138. The van der Waals surface area contributed by atoms with Crippen molar-refractivity contribution in [2.45, 2.75) is 32.1 Å². The lowest BCUT2D eigenvalue weighted by atomic mass is 9.93. The first kappa shape index (κ1) is 19.2. The van der Waals surface area contributed by atoms with Crippen molar-refractivity contribution < 1.29 is 9.59 Å². The number of nitrogens with zero attached hydrogens (tertiary/aromatic N) is 2. The van der Waals surface area contributed by atoms with Crippen LogP contribution in [-0.2, 0) is 9.59 Å². The molecule has 134 valence electrons. The summed E-state index contributed by atoms with van der Waals surface area (Å²) >= 11 is 5.96. The molecule has 0 saturated carbocycles. The molecule has 1 atom stereocenters. The fourth-order valence-corrected chi connectivity index (χ4v) is 3.33. The second kappa shape index (κ2) is 9.40. The summed E-state index contributed by atoms with van der Waals surface area (Å²) in [6, 6.07) is 6.83. The van der Waals surface area contributed by atoms with Gasteiger partial charge in [-0.3, -0.25) is 9.59 Å². The van der Waals surface area contributed by atoms with Crippen LogP contribution in [0.15, 0.2) is 18.2 Å². The topological polar surface area (TPSA) is 99.2 Å². The first-order valence-electron chi connectivity index (χ1n) is 8.48. The fourth-order valence-electron chi connectivity index (χ4n) is 3.10. The van der Waals surface area contributed by atoms with Crippen LogP contribution in [-0.4, -0.2) is 36.3 Å². The van der Waals surface area contributed by atoms with E-state index in [0.717, 1.165) is 32.4 Å². The maximum Gasteiger partial charge on any atom is 0.225 e. The van der Waals surface area contributed by atoms with Gasteiger partial charge in [0, 0.05) is 31.6 Å². The lowest BCUT2D eigenvalue weighted by molar-refractivity contribution is -0.118.